The molecule has 1 aliphatic heterocycles. The van der Waals surface area contributed by atoms with Crippen LogP contribution in [0.5, 0.6) is 0 Å². The Balaban J connectivity index is 2.33. The zero-order chi connectivity index (χ0) is 12.4. The summed E-state index contributed by atoms with van der Waals surface area (Å²) in [4.78, 5) is 25.4. The molecule has 0 aliphatic carbocycles. The fourth-order valence-corrected chi connectivity index (χ4v) is 2.61. The van der Waals surface area contributed by atoms with Crippen molar-refractivity contribution in [2.75, 3.05) is 0 Å². The van der Waals surface area contributed by atoms with Crippen LogP contribution < -0.4 is 0 Å². The van der Waals surface area contributed by atoms with Crippen molar-refractivity contribution in [3.05, 3.63) is 35.4 Å². The highest BCUT2D eigenvalue weighted by atomic mass is 79.9. The Bertz CT molecular complexity index is 458. The van der Waals surface area contributed by atoms with E-state index >= 15 is 0 Å². The largest absolute Gasteiger partial charge is 0.276 e. The van der Waals surface area contributed by atoms with Crippen LogP contribution in [0, 0.1) is 0 Å². The maximum absolute atomic E-state index is 12.3. The molecule has 0 bridgehead atoms. The Kier molecular flexibility index (Phi) is 3.62. The Morgan fingerprint density at radius 1 is 1.47 bits per heavy atom. The van der Waals surface area contributed by atoms with Crippen LogP contribution in [-0.4, -0.2) is 22.8 Å². The summed E-state index contributed by atoms with van der Waals surface area (Å²) in [6.45, 7) is 1.92. The van der Waals surface area contributed by atoms with Crippen molar-refractivity contribution in [2.24, 2.45) is 0 Å². The van der Waals surface area contributed by atoms with Crippen LogP contribution in [0.2, 0.25) is 0 Å². The maximum atomic E-state index is 12.3. The Labute approximate surface area is 109 Å². The molecule has 1 fully saturated rings. The van der Waals surface area contributed by atoms with Crippen LogP contribution in [0.1, 0.15) is 35.7 Å². The fraction of sp³-hybridized carbons (Fsp3) is 0.385. The van der Waals surface area contributed by atoms with Crippen LogP contribution in [0.25, 0.3) is 0 Å². The van der Waals surface area contributed by atoms with Crippen molar-refractivity contribution in [3.8, 4) is 0 Å². The first-order valence-corrected chi connectivity index (χ1v) is 6.77. The molecule has 3 nitrogen and oxygen atoms in total. The molecule has 1 heterocycles. The molecule has 0 saturated carbocycles. The van der Waals surface area contributed by atoms with Gasteiger partial charge in [-0.3, -0.25) is 14.5 Å². The summed E-state index contributed by atoms with van der Waals surface area (Å²) in [5.41, 5.74) is 1.54. The van der Waals surface area contributed by atoms with E-state index in [4.69, 9.17) is 0 Å². The number of carbonyl (C=O) groups excluding carboxylic acids is 2. The number of rotatable bonds is 2. The number of likely N-dealkylation sites (tertiary alicyclic amines) is 1. The number of hydrogen-bond acceptors (Lipinski definition) is 2. The van der Waals surface area contributed by atoms with Gasteiger partial charge in [0.2, 0.25) is 5.91 Å². The Morgan fingerprint density at radius 3 is 2.76 bits per heavy atom. The third kappa shape index (κ3) is 2.27. The van der Waals surface area contributed by atoms with Crippen molar-refractivity contribution >= 4 is 27.7 Å². The SMILES string of the molecule is C[C@@H]1CCC(=O)N1C(=O)c1ccccc1CBr. The highest BCUT2D eigenvalue weighted by Crippen LogP contribution is 2.23. The van der Waals surface area contributed by atoms with E-state index in [1.165, 1.54) is 4.90 Å². The van der Waals surface area contributed by atoms with Crippen molar-refractivity contribution in [3.63, 3.8) is 0 Å². The maximum Gasteiger partial charge on any atom is 0.261 e. The summed E-state index contributed by atoms with van der Waals surface area (Å²) in [5.74, 6) is -0.234. The van der Waals surface area contributed by atoms with Gasteiger partial charge in [-0.15, -0.1) is 0 Å². The summed E-state index contributed by atoms with van der Waals surface area (Å²) >= 11 is 3.36. The molecule has 0 radical (unpaired) electrons. The number of imide groups is 1. The van der Waals surface area contributed by atoms with Gasteiger partial charge in [-0.25, -0.2) is 0 Å². The monoisotopic (exact) mass is 295 g/mol. The van der Waals surface area contributed by atoms with E-state index in [0.29, 0.717) is 17.3 Å². The van der Waals surface area contributed by atoms with E-state index in [2.05, 4.69) is 15.9 Å². The average molecular weight is 296 g/mol. The second kappa shape index (κ2) is 5.00. The number of benzene rings is 1. The molecule has 1 saturated heterocycles. The molecule has 2 rings (SSSR count). The molecule has 90 valence electrons. The van der Waals surface area contributed by atoms with Crippen LogP contribution in [0.15, 0.2) is 24.3 Å². The Morgan fingerprint density at radius 2 is 2.18 bits per heavy atom. The zero-order valence-electron chi connectivity index (χ0n) is 9.65. The number of amides is 2. The van der Waals surface area contributed by atoms with Crippen molar-refractivity contribution in [1.82, 2.24) is 4.90 Å². The first-order chi connectivity index (χ1) is 8.15. The van der Waals surface area contributed by atoms with Gasteiger partial charge in [0.15, 0.2) is 0 Å². The molecular weight excluding hydrogens is 282 g/mol. The molecule has 1 aromatic carbocycles. The smallest absolute Gasteiger partial charge is 0.261 e. The van der Waals surface area contributed by atoms with Crippen LogP contribution in [0.3, 0.4) is 0 Å². The Hall–Kier alpha value is -1.16. The fourth-order valence-electron chi connectivity index (χ4n) is 2.12. The molecule has 1 aliphatic rings. The molecule has 2 amide bonds. The van der Waals surface area contributed by atoms with Gasteiger partial charge in [0.05, 0.1) is 0 Å². The summed E-state index contributed by atoms with van der Waals surface area (Å²) in [5, 5.41) is 0.616. The summed E-state index contributed by atoms with van der Waals surface area (Å²) in [6, 6.07) is 7.40. The lowest BCUT2D eigenvalue weighted by Gasteiger charge is -2.20. The van der Waals surface area contributed by atoms with Gasteiger partial charge in [0.1, 0.15) is 0 Å². The molecule has 0 spiro atoms. The minimum absolute atomic E-state index is 0.0124. The number of carbonyl (C=O) groups is 2. The quantitative estimate of drug-likeness (QED) is 0.621. The molecule has 1 aromatic rings. The normalized spacial score (nSPS) is 19.8. The van der Waals surface area contributed by atoms with E-state index < -0.39 is 0 Å². The van der Waals surface area contributed by atoms with E-state index in [1.807, 2.05) is 25.1 Å². The third-order valence-corrected chi connectivity index (χ3v) is 3.70. The van der Waals surface area contributed by atoms with E-state index in [-0.39, 0.29) is 17.9 Å². The van der Waals surface area contributed by atoms with Gasteiger partial charge in [-0.1, -0.05) is 34.1 Å². The lowest BCUT2D eigenvalue weighted by Crippen LogP contribution is -2.37. The summed E-state index contributed by atoms with van der Waals surface area (Å²) in [6.07, 6.45) is 1.24. The average Bonchev–Trinajstić information content (AvgIpc) is 2.68. The van der Waals surface area contributed by atoms with Crippen LogP contribution in [-0.2, 0) is 10.1 Å². The molecule has 0 N–H and O–H groups in total. The van der Waals surface area contributed by atoms with E-state index in [9.17, 15) is 9.59 Å². The molecule has 0 unspecified atom stereocenters. The number of nitrogens with zero attached hydrogens (tertiary/aromatic N) is 1. The van der Waals surface area contributed by atoms with Crippen molar-refractivity contribution in [1.29, 1.82) is 0 Å². The van der Waals surface area contributed by atoms with Gasteiger partial charge in [0, 0.05) is 23.4 Å². The first kappa shape index (κ1) is 12.3. The standard InChI is InChI=1S/C13H14BrNO2/c1-9-6-7-12(16)15(9)13(17)11-5-3-2-4-10(11)8-14/h2-5,9H,6-8H2,1H3/t9-/m1/s1. The molecular formula is C13H14BrNO2. The van der Waals surface area contributed by atoms with Gasteiger partial charge >= 0.3 is 0 Å². The zero-order valence-corrected chi connectivity index (χ0v) is 11.2. The number of alkyl halides is 1. The summed E-state index contributed by atoms with van der Waals surface area (Å²) < 4.78 is 0. The first-order valence-electron chi connectivity index (χ1n) is 5.65. The van der Waals surface area contributed by atoms with Crippen LogP contribution >= 0.6 is 15.9 Å². The summed E-state index contributed by atoms with van der Waals surface area (Å²) in [7, 11) is 0. The van der Waals surface area contributed by atoms with Gasteiger partial charge < -0.3 is 0 Å². The topological polar surface area (TPSA) is 37.4 Å². The lowest BCUT2D eigenvalue weighted by molar-refractivity contribution is -0.126. The predicted molar refractivity (Wildman–Crippen MR) is 68.9 cm³/mol. The van der Waals surface area contributed by atoms with E-state index in [0.717, 1.165) is 12.0 Å². The van der Waals surface area contributed by atoms with Crippen molar-refractivity contribution < 1.29 is 9.59 Å². The number of hydrogen-bond donors (Lipinski definition) is 0. The van der Waals surface area contributed by atoms with Crippen LogP contribution in [0.4, 0.5) is 0 Å². The number of halogens is 1. The lowest BCUT2D eigenvalue weighted by atomic mass is 10.1. The van der Waals surface area contributed by atoms with Crippen molar-refractivity contribution in [2.45, 2.75) is 31.1 Å². The highest BCUT2D eigenvalue weighted by Gasteiger charge is 2.33. The molecule has 1 atom stereocenters. The minimum Gasteiger partial charge on any atom is -0.276 e. The van der Waals surface area contributed by atoms with E-state index in [1.54, 1.807) is 6.07 Å². The third-order valence-electron chi connectivity index (χ3n) is 3.10. The predicted octanol–water partition coefficient (Wildman–Crippen LogP) is 2.73. The van der Waals surface area contributed by atoms with Gasteiger partial charge in [-0.05, 0) is 25.0 Å². The highest BCUT2D eigenvalue weighted by molar-refractivity contribution is 9.08. The van der Waals surface area contributed by atoms with Gasteiger partial charge in [-0.2, -0.15) is 0 Å². The second-order valence-corrected chi connectivity index (χ2v) is 4.81. The molecule has 17 heavy (non-hydrogen) atoms. The molecule has 4 heteroatoms. The minimum atomic E-state index is -0.171. The second-order valence-electron chi connectivity index (χ2n) is 4.25. The molecule has 0 aromatic heterocycles. The van der Waals surface area contributed by atoms with Gasteiger partial charge in [0.25, 0.3) is 5.91 Å².